The Labute approximate surface area is 187 Å². The number of thiazole rings is 1. The van der Waals surface area contributed by atoms with E-state index < -0.39 is 0 Å². The maximum Gasteiger partial charge on any atom is 0.272 e. The molecule has 5 nitrogen and oxygen atoms in total. The molecule has 2 aromatic heterocycles. The van der Waals surface area contributed by atoms with Crippen LogP contribution in [0.15, 0.2) is 59.6 Å². The first-order valence-electron chi connectivity index (χ1n) is 9.21. The molecule has 0 aliphatic heterocycles. The number of hydrogen-bond donors (Lipinski definition) is 0. The highest BCUT2D eigenvalue weighted by Gasteiger charge is 2.12. The maximum atomic E-state index is 12.4. The van der Waals surface area contributed by atoms with E-state index in [1.54, 1.807) is 10.8 Å². The normalized spacial score (nSPS) is 12.3. The van der Waals surface area contributed by atoms with Crippen molar-refractivity contribution in [2.45, 2.75) is 13.5 Å². The van der Waals surface area contributed by atoms with E-state index in [0.717, 1.165) is 21.5 Å². The van der Waals surface area contributed by atoms with Gasteiger partial charge in [-0.2, -0.15) is 10.1 Å². The van der Waals surface area contributed by atoms with Crippen LogP contribution in [0.25, 0.3) is 16.3 Å². The summed E-state index contributed by atoms with van der Waals surface area (Å²) in [7, 11) is 1.90. The molecule has 0 bridgehead atoms. The molecule has 4 aromatic rings. The van der Waals surface area contributed by atoms with Crippen LogP contribution in [0.5, 0.6) is 0 Å². The number of carbonyl (C=O) groups is 1. The Bertz CT molecular complexity index is 1330. The number of aryl methyl sites for hydroxylation is 2. The van der Waals surface area contributed by atoms with Crippen molar-refractivity contribution in [2.75, 3.05) is 0 Å². The summed E-state index contributed by atoms with van der Waals surface area (Å²) >= 11 is 13.9. The van der Waals surface area contributed by atoms with Gasteiger partial charge in [0.05, 0.1) is 22.5 Å². The molecule has 0 spiro atoms. The van der Waals surface area contributed by atoms with Crippen molar-refractivity contribution in [3.8, 4) is 0 Å². The second-order valence-corrected chi connectivity index (χ2v) is 8.57. The van der Waals surface area contributed by atoms with Crippen LogP contribution in [0.2, 0.25) is 10.2 Å². The zero-order chi connectivity index (χ0) is 21.3. The Kier molecular flexibility index (Phi) is 5.90. The molecule has 152 valence electrons. The van der Waals surface area contributed by atoms with E-state index in [0.29, 0.717) is 27.1 Å². The SMILES string of the molecule is Cc1nn(Cc2ccc(Cl)cc2)c(Cl)c1C=CC(=O)N=c1sc2ccccc2n1C. The fourth-order valence-electron chi connectivity index (χ4n) is 3.10. The molecule has 0 fully saturated rings. The number of carbonyl (C=O) groups excluding carboxylic acids is 1. The minimum absolute atomic E-state index is 0.349. The predicted octanol–water partition coefficient (Wildman–Crippen LogP) is 5.24. The molecular formula is C22H18Cl2N4OS. The van der Waals surface area contributed by atoms with Gasteiger partial charge in [0.25, 0.3) is 5.91 Å². The zero-order valence-electron chi connectivity index (χ0n) is 16.3. The summed E-state index contributed by atoms with van der Waals surface area (Å²) in [6, 6.07) is 15.5. The second-order valence-electron chi connectivity index (χ2n) is 6.77. The lowest BCUT2D eigenvalue weighted by atomic mass is 10.2. The average Bonchev–Trinajstić information content (AvgIpc) is 3.18. The topological polar surface area (TPSA) is 52.2 Å². The van der Waals surface area contributed by atoms with Gasteiger partial charge in [0.2, 0.25) is 0 Å². The average molecular weight is 457 g/mol. The Morgan fingerprint density at radius 3 is 2.63 bits per heavy atom. The number of nitrogens with zero attached hydrogens (tertiary/aromatic N) is 4. The first-order chi connectivity index (χ1) is 14.4. The fourth-order valence-corrected chi connectivity index (χ4v) is 4.55. The summed E-state index contributed by atoms with van der Waals surface area (Å²) in [6.07, 6.45) is 3.09. The number of para-hydroxylation sites is 1. The number of aromatic nitrogens is 3. The van der Waals surface area contributed by atoms with Gasteiger partial charge in [0.15, 0.2) is 4.80 Å². The van der Waals surface area contributed by atoms with Crippen LogP contribution in [-0.4, -0.2) is 20.3 Å². The van der Waals surface area contributed by atoms with Crippen molar-refractivity contribution in [2.24, 2.45) is 12.0 Å². The van der Waals surface area contributed by atoms with Crippen LogP contribution in [-0.2, 0) is 18.4 Å². The second kappa shape index (κ2) is 8.60. The van der Waals surface area contributed by atoms with Gasteiger partial charge in [-0.25, -0.2) is 4.68 Å². The van der Waals surface area contributed by atoms with E-state index in [2.05, 4.69) is 10.1 Å². The Hall–Kier alpha value is -2.67. The van der Waals surface area contributed by atoms with Gasteiger partial charge >= 0.3 is 0 Å². The quantitative estimate of drug-likeness (QED) is 0.394. The van der Waals surface area contributed by atoms with Crippen LogP contribution < -0.4 is 4.80 Å². The largest absolute Gasteiger partial charge is 0.319 e. The van der Waals surface area contributed by atoms with Gasteiger partial charge in [-0.3, -0.25) is 4.79 Å². The summed E-state index contributed by atoms with van der Waals surface area (Å²) in [4.78, 5) is 17.3. The van der Waals surface area contributed by atoms with Crippen LogP contribution in [0.3, 0.4) is 0 Å². The highest BCUT2D eigenvalue weighted by Crippen LogP contribution is 2.23. The molecule has 8 heteroatoms. The first kappa shape index (κ1) is 20.6. The highest BCUT2D eigenvalue weighted by molar-refractivity contribution is 7.16. The monoisotopic (exact) mass is 456 g/mol. The Morgan fingerprint density at radius 2 is 1.90 bits per heavy atom. The van der Waals surface area contributed by atoms with Gasteiger partial charge in [-0.15, -0.1) is 0 Å². The molecule has 30 heavy (non-hydrogen) atoms. The molecule has 4 rings (SSSR count). The van der Waals surface area contributed by atoms with Crippen molar-refractivity contribution in [1.29, 1.82) is 0 Å². The fraction of sp³-hybridized carbons (Fsp3) is 0.136. The van der Waals surface area contributed by atoms with Crippen molar-refractivity contribution >= 4 is 56.7 Å². The Balaban J connectivity index is 1.57. The van der Waals surface area contributed by atoms with E-state index in [1.807, 2.05) is 67.1 Å². The molecular weight excluding hydrogens is 439 g/mol. The van der Waals surface area contributed by atoms with Crippen molar-refractivity contribution in [3.05, 3.63) is 86.4 Å². The third kappa shape index (κ3) is 4.26. The van der Waals surface area contributed by atoms with Crippen LogP contribution in [0.1, 0.15) is 16.8 Å². The van der Waals surface area contributed by atoms with E-state index >= 15 is 0 Å². The Morgan fingerprint density at radius 1 is 1.17 bits per heavy atom. The van der Waals surface area contributed by atoms with Gasteiger partial charge < -0.3 is 4.57 Å². The van der Waals surface area contributed by atoms with Crippen LogP contribution >= 0.6 is 34.5 Å². The number of fused-ring (bicyclic) bond motifs is 1. The molecule has 0 radical (unpaired) electrons. The van der Waals surface area contributed by atoms with Gasteiger partial charge in [0.1, 0.15) is 5.15 Å². The molecule has 0 atom stereocenters. The number of hydrogen-bond acceptors (Lipinski definition) is 3. The minimum Gasteiger partial charge on any atom is -0.319 e. The molecule has 1 amide bonds. The summed E-state index contributed by atoms with van der Waals surface area (Å²) < 4.78 is 4.69. The lowest BCUT2D eigenvalue weighted by Gasteiger charge is -2.03. The molecule has 0 unspecified atom stereocenters. The molecule has 0 aliphatic carbocycles. The molecule has 0 aliphatic rings. The summed E-state index contributed by atoms with van der Waals surface area (Å²) in [6.45, 7) is 2.37. The maximum absolute atomic E-state index is 12.4. The first-order valence-corrected chi connectivity index (χ1v) is 10.8. The standard InChI is InChI=1S/C22H18Cl2N4OS/c1-14-17(21(24)28(26-14)13-15-7-9-16(23)10-8-15)11-12-20(29)25-22-27(2)18-5-3-4-6-19(18)30-22/h3-12H,13H2,1-2H3. The summed E-state index contributed by atoms with van der Waals surface area (Å²) in [5, 5.41) is 5.64. The van der Waals surface area contributed by atoms with Crippen molar-refractivity contribution in [1.82, 2.24) is 14.3 Å². The molecule has 2 heterocycles. The summed E-state index contributed by atoms with van der Waals surface area (Å²) in [5.41, 5.74) is 3.52. The van der Waals surface area contributed by atoms with E-state index in [4.69, 9.17) is 23.2 Å². The van der Waals surface area contributed by atoms with Crippen molar-refractivity contribution < 1.29 is 4.79 Å². The number of rotatable bonds is 4. The third-order valence-electron chi connectivity index (χ3n) is 4.67. The lowest BCUT2D eigenvalue weighted by molar-refractivity contribution is -0.113. The van der Waals surface area contributed by atoms with Crippen LogP contribution in [0, 0.1) is 6.92 Å². The molecule has 0 N–H and O–H groups in total. The zero-order valence-corrected chi connectivity index (χ0v) is 18.7. The van der Waals surface area contributed by atoms with E-state index in [1.165, 1.54) is 17.4 Å². The number of amides is 1. The predicted molar refractivity (Wildman–Crippen MR) is 123 cm³/mol. The van der Waals surface area contributed by atoms with Gasteiger partial charge in [0, 0.05) is 23.7 Å². The third-order valence-corrected chi connectivity index (χ3v) is 6.43. The smallest absolute Gasteiger partial charge is 0.272 e. The molecule has 2 aromatic carbocycles. The highest BCUT2D eigenvalue weighted by atomic mass is 35.5. The van der Waals surface area contributed by atoms with Gasteiger partial charge in [-0.1, -0.05) is 58.8 Å². The van der Waals surface area contributed by atoms with E-state index in [9.17, 15) is 4.79 Å². The molecule has 0 saturated heterocycles. The minimum atomic E-state index is -0.349. The van der Waals surface area contributed by atoms with Gasteiger partial charge in [-0.05, 0) is 42.8 Å². The van der Waals surface area contributed by atoms with Crippen LogP contribution in [0.4, 0.5) is 0 Å². The van der Waals surface area contributed by atoms with Crippen molar-refractivity contribution in [3.63, 3.8) is 0 Å². The van der Waals surface area contributed by atoms with E-state index in [-0.39, 0.29) is 5.91 Å². The molecule has 0 saturated carbocycles. The summed E-state index contributed by atoms with van der Waals surface area (Å²) in [5.74, 6) is -0.349. The number of halogens is 2. The number of benzene rings is 2. The lowest BCUT2D eigenvalue weighted by Crippen LogP contribution is -2.12.